The summed E-state index contributed by atoms with van der Waals surface area (Å²) in [6.45, 7) is 7.61. The van der Waals surface area contributed by atoms with Crippen molar-refractivity contribution >= 4 is 27.5 Å². The lowest BCUT2D eigenvalue weighted by Gasteiger charge is -2.32. The first-order valence-corrected chi connectivity index (χ1v) is 7.43. The van der Waals surface area contributed by atoms with Gasteiger partial charge in [0.15, 0.2) is 0 Å². The van der Waals surface area contributed by atoms with Crippen LogP contribution in [0.4, 0.5) is 0 Å². The fourth-order valence-corrected chi connectivity index (χ4v) is 2.51. The maximum atomic E-state index is 6.09. The predicted molar refractivity (Wildman–Crippen MR) is 79.6 cm³/mol. The number of halogens is 2. The second-order valence-electron chi connectivity index (χ2n) is 4.44. The first-order chi connectivity index (χ1) is 8.06. The van der Waals surface area contributed by atoms with Crippen LogP contribution >= 0.6 is 27.5 Å². The molecule has 0 saturated carbocycles. The van der Waals surface area contributed by atoms with Crippen LogP contribution in [-0.4, -0.2) is 5.54 Å². The van der Waals surface area contributed by atoms with Crippen LogP contribution in [0.15, 0.2) is 22.7 Å². The van der Waals surface area contributed by atoms with Gasteiger partial charge in [-0.15, -0.1) is 0 Å². The quantitative estimate of drug-likeness (QED) is 0.764. The zero-order chi connectivity index (χ0) is 12.9. The van der Waals surface area contributed by atoms with E-state index in [1.165, 1.54) is 5.56 Å². The highest BCUT2D eigenvalue weighted by atomic mass is 79.9. The molecule has 1 aromatic rings. The second kappa shape index (κ2) is 6.77. The Kier molecular flexibility index (Phi) is 5.98. The van der Waals surface area contributed by atoms with Crippen LogP contribution in [0, 0.1) is 0 Å². The second-order valence-corrected chi connectivity index (χ2v) is 5.70. The van der Waals surface area contributed by atoms with Crippen LogP contribution in [0.5, 0.6) is 0 Å². The molecule has 0 saturated heterocycles. The van der Waals surface area contributed by atoms with E-state index in [0.717, 1.165) is 35.3 Å². The smallest absolute Gasteiger partial charge is 0.0551 e. The topological polar surface area (TPSA) is 12.0 Å². The summed E-state index contributed by atoms with van der Waals surface area (Å²) in [5.74, 6) is 0. The van der Waals surface area contributed by atoms with Crippen LogP contribution in [0.3, 0.4) is 0 Å². The number of hydrogen-bond donors (Lipinski definition) is 1. The summed E-state index contributed by atoms with van der Waals surface area (Å²) in [4.78, 5) is 0. The highest BCUT2D eigenvalue weighted by Gasteiger charge is 2.22. The van der Waals surface area contributed by atoms with Gasteiger partial charge < -0.3 is 5.32 Å². The van der Waals surface area contributed by atoms with Gasteiger partial charge in [-0.1, -0.05) is 38.4 Å². The van der Waals surface area contributed by atoms with E-state index < -0.39 is 0 Å². The fourth-order valence-electron chi connectivity index (χ4n) is 2.06. The minimum Gasteiger partial charge on any atom is -0.307 e. The van der Waals surface area contributed by atoms with Crippen molar-refractivity contribution in [3.05, 3.63) is 33.3 Å². The van der Waals surface area contributed by atoms with Crippen molar-refractivity contribution in [1.29, 1.82) is 0 Å². The van der Waals surface area contributed by atoms with Crippen molar-refractivity contribution in [3.63, 3.8) is 0 Å². The van der Waals surface area contributed by atoms with E-state index in [2.05, 4.69) is 48.1 Å². The van der Waals surface area contributed by atoms with Gasteiger partial charge in [0.1, 0.15) is 0 Å². The Morgan fingerprint density at radius 3 is 2.24 bits per heavy atom. The minimum absolute atomic E-state index is 0.263. The summed E-state index contributed by atoms with van der Waals surface area (Å²) in [5.41, 5.74) is 1.50. The van der Waals surface area contributed by atoms with Crippen molar-refractivity contribution in [3.8, 4) is 0 Å². The maximum Gasteiger partial charge on any atom is 0.0551 e. The van der Waals surface area contributed by atoms with Crippen molar-refractivity contribution in [2.45, 2.75) is 52.1 Å². The van der Waals surface area contributed by atoms with E-state index >= 15 is 0 Å². The molecule has 0 bridgehead atoms. The van der Waals surface area contributed by atoms with Crippen molar-refractivity contribution in [2.24, 2.45) is 0 Å². The molecule has 0 unspecified atom stereocenters. The first-order valence-electron chi connectivity index (χ1n) is 6.26. The van der Waals surface area contributed by atoms with E-state index in [9.17, 15) is 0 Å². The fraction of sp³-hybridized carbons (Fsp3) is 0.571. The third kappa shape index (κ3) is 3.97. The number of rotatable bonds is 6. The molecule has 0 heterocycles. The van der Waals surface area contributed by atoms with Gasteiger partial charge in [-0.25, -0.2) is 0 Å². The molecule has 0 radical (unpaired) electrons. The van der Waals surface area contributed by atoms with Gasteiger partial charge in [0.25, 0.3) is 0 Å². The van der Waals surface area contributed by atoms with E-state index in [0.29, 0.717) is 0 Å². The Bertz CT molecular complexity index is 353. The summed E-state index contributed by atoms with van der Waals surface area (Å²) < 4.78 is 0.954. The van der Waals surface area contributed by atoms with Gasteiger partial charge in [-0.3, -0.25) is 0 Å². The predicted octanol–water partition coefficient (Wildman–Crippen LogP) is 5.16. The normalized spacial score (nSPS) is 11.8. The van der Waals surface area contributed by atoms with Gasteiger partial charge in [0, 0.05) is 16.6 Å². The lowest BCUT2D eigenvalue weighted by atomic mass is 9.89. The molecule has 0 aromatic heterocycles. The molecule has 0 spiro atoms. The molecule has 0 amide bonds. The van der Waals surface area contributed by atoms with Crippen molar-refractivity contribution in [1.82, 2.24) is 5.32 Å². The minimum atomic E-state index is 0.263. The van der Waals surface area contributed by atoms with E-state index in [1.54, 1.807) is 0 Å². The summed E-state index contributed by atoms with van der Waals surface area (Å²) in [6, 6.07) is 6.13. The molecule has 96 valence electrons. The van der Waals surface area contributed by atoms with Gasteiger partial charge in [0.05, 0.1) is 5.02 Å². The Labute approximate surface area is 118 Å². The third-order valence-corrected chi connectivity index (χ3v) is 4.91. The van der Waals surface area contributed by atoms with Crippen LogP contribution < -0.4 is 5.32 Å². The van der Waals surface area contributed by atoms with Gasteiger partial charge in [-0.2, -0.15) is 0 Å². The number of nitrogens with one attached hydrogen (secondary N) is 1. The Hall–Kier alpha value is -0.0500. The Morgan fingerprint density at radius 2 is 1.76 bits per heavy atom. The molecule has 0 aliphatic carbocycles. The zero-order valence-electron chi connectivity index (χ0n) is 10.8. The number of hydrogen-bond acceptors (Lipinski definition) is 1. The van der Waals surface area contributed by atoms with Crippen LogP contribution in [0.1, 0.15) is 45.6 Å². The van der Waals surface area contributed by atoms with E-state index in [1.807, 2.05) is 12.1 Å². The SMILES string of the molecule is CCC(CC)(CC)NCc1ccc(Br)c(Cl)c1. The molecule has 0 atom stereocenters. The standard InChI is InChI=1S/C14H21BrClN/c1-4-14(5-2,6-3)17-10-11-7-8-12(15)13(16)9-11/h7-9,17H,4-6,10H2,1-3H3. The lowest BCUT2D eigenvalue weighted by Crippen LogP contribution is -2.43. The summed E-state index contributed by atoms with van der Waals surface area (Å²) in [7, 11) is 0. The maximum absolute atomic E-state index is 6.09. The van der Waals surface area contributed by atoms with Crippen LogP contribution in [0.25, 0.3) is 0 Å². The molecular formula is C14H21BrClN. The average molecular weight is 319 g/mol. The molecule has 3 heteroatoms. The monoisotopic (exact) mass is 317 g/mol. The van der Waals surface area contributed by atoms with Crippen molar-refractivity contribution < 1.29 is 0 Å². The Morgan fingerprint density at radius 1 is 1.18 bits per heavy atom. The van der Waals surface area contributed by atoms with Crippen LogP contribution in [0.2, 0.25) is 5.02 Å². The molecular weight excluding hydrogens is 298 g/mol. The van der Waals surface area contributed by atoms with E-state index in [4.69, 9.17) is 11.6 Å². The summed E-state index contributed by atoms with van der Waals surface area (Å²) >= 11 is 9.50. The average Bonchev–Trinajstić information content (AvgIpc) is 2.36. The lowest BCUT2D eigenvalue weighted by molar-refractivity contribution is 0.288. The zero-order valence-corrected chi connectivity index (χ0v) is 13.2. The van der Waals surface area contributed by atoms with Crippen molar-refractivity contribution in [2.75, 3.05) is 0 Å². The van der Waals surface area contributed by atoms with E-state index in [-0.39, 0.29) is 5.54 Å². The third-order valence-electron chi connectivity index (χ3n) is 3.68. The summed E-state index contributed by atoms with van der Waals surface area (Å²) in [6.07, 6.45) is 3.47. The molecule has 17 heavy (non-hydrogen) atoms. The van der Waals surface area contributed by atoms with Crippen LogP contribution in [-0.2, 0) is 6.54 Å². The largest absolute Gasteiger partial charge is 0.307 e. The molecule has 1 rings (SSSR count). The van der Waals surface area contributed by atoms with Gasteiger partial charge in [0.2, 0.25) is 0 Å². The molecule has 1 N–H and O–H groups in total. The highest BCUT2D eigenvalue weighted by molar-refractivity contribution is 9.10. The van der Waals surface area contributed by atoms with Gasteiger partial charge in [-0.05, 0) is 52.9 Å². The molecule has 0 aliphatic heterocycles. The molecule has 0 fully saturated rings. The Balaban J connectivity index is 2.68. The highest BCUT2D eigenvalue weighted by Crippen LogP contribution is 2.24. The molecule has 1 nitrogen and oxygen atoms in total. The molecule has 1 aromatic carbocycles. The summed E-state index contributed by atoms with van der Waals surface area (Å²) in [5, 5.41) is 4.45. The first kappa shape index (κ1) is 15.0. The number of benzene rings is 1. The molecule has 0 aliphatic rings. The van der Waals surface area contributed by atoms with Gasteiger partial charge >= 0.3 is 0 Å².